The number of rotatable bonds is 5. The summed E-state index contributed by atoms with van der Waals surface area (Å²) >= 11 is 0. The number of nitrogens with zero attached hydrogens (tertiary/aromatic N) is 2. The first-order valence-electron chi connectivity index (χ1n) is 8.17. The van der Waals surface area contributed by atoms with Crippen LogP contribution in [0.1, 0.15) is 13.3 Å². The van der Waals surface area contributed by atoms with E-state index < -0.39 is 28.4 Å². The van der Waals surface area contributed by atoms with Crippen LogP contribution in [0.2, 0.25) is 0 Å². The van der Waals surface area contributed by atoms with E-state index in [9.17, 15) is 24.1 Å². The first-order valence-corrected chi connectivity index (χ1v) is 8.17. The molecule has 0 spiro atoms. The summed E-state index contributed by atoms with van der Waals surface area (Å²) in [5.41, 5.74) is -0.0418. The second kappa shape index (κ2) is 7.40. The topological polar surface area (TPSA) is 102 Å². The van der Waals surface area contributed by atoms with E-state index >= 15 is 0 Å². The summed E-state index contributed by atoms with van der Waals surface area (Å²) in [5, 5.41) is 13.2. The molecule has 1 heterocycles. The Balaban J connectivity index is 1.68. The summed E-state index contributed by atoms with van der Waals surface area (Å²) in [7, 11) is 0. The molecular weight excluding hydrogens is 357 g/mol. The number of hydrogen-bond donors (Lipinski definition) is 1. The molecule has 2 amide bonds. The minimum atomic E-state index is -0.984. The molecule has 1 atom stereocenters. The number of halogens is 1. The summed E-state index contributed by atoms with van der Waals surface area (Å²) in [6.45, 7) is 1.74. The summed E-state index contributed by atoms with van der Waals surface area (Å²) in [6.07, 6.45) is -0.708. The molecule has 1 aliphatic heterocycles. The van der Waals surface area contributed by atoms with Crippen molar-refractivity contribution in [3.05, 3.63) is 58.4 Å². The number of anilines is 2. The van der Waals surface area contributed by atoms with Crippen molar-refractivity contribution in [3.8, 4) is 5.75 Å². The van der Waals surface area contributed by atoms with Crippen molar-refractivity contribution < 1.29 is 23.6 Å². The molecule has 0 bridgehead atoms. The Kier molecular flexibility index (Phi) is 5.02. The molecular formula is C18H16FN3O5. The third-order valence-corrected chi connectivity index (χ3v) is 4.06. The highest BCUT2D eigenvalue weighted by molar-refractivity contribution is 6.00. The number of nitro groups is 1. The highest BCUT2D eigenvalue weighted by atomic mass is 19.1. The van der Waals surface area contributed by atoms with Crippen LogP contribution in [0, 0.1) is 15.9 Å². The van der Waals surface area contributed by atoms with Crippen LogP contribution in [0.25, 0.3) is 0 Å². The van der Waals surface area contributed by atoms with Gasteiger partial charge in [-0.05, 0) is 31.2 Å². The molecule has 0 aromatic heterocycles. The van der Waals surface area contributed by atoms with Crippen LogP contribution in [0.5, 0.6) is 5.75 Å². The first-order chi connectivity index (χ1) is 12.9. The summed E-state index contributed by atoms with van der Waals surface area (Å²) in [5.74, 6) is -1.15. The standard InChI is InChI=1S/C18H16FN3O5/c1-11-18(24)21(14-4-2-3-5-16(14)27-11)9-8-17(23)20-12-6-7-13(19)15(10-12)22(25)26/h2-7,10-11H,8-9H2,1H3,(H,20,23). The Morgan fingerprint density at radius 2 is 2.07 bits per heavy atom. The van der Waals surface area contributed by atoms with Crippen LogP contribution in [-0.4, -0.2) is 29.4 Å². The van der Waals surface area contributed by atoms with Gasteiger partial charge in [-0.2, -0.15) is 4.39 Å². The number of nitro benzene ring substituents is 1. The number of carbonyl (C=O) groups is 2. The largest absolute Gasteiger partial charge is 0.479 e. The molecule has 0 aliphatic carbocycles. The third-order valence-electron chi connectivity index (χ3n) is 4.06. The van der Waals surface area contributed by atoms with E-state index in [1.165, 1.54) is 11.0 Å². The number of hydrogen-bond acceptors (Lipinski definition) is 5. The van der Waals surface area contributed by atoms with Crippen molar-refractivity contribution in [1.82, 2.24) is 0 Å². The van der Waals surface area contributed by atoms with Gasteiger partial charge in [0.05, 0.1) is 10.6 Å². The number of ether oxygens (including phenoxy) is 1. The molecule has 1 N–H and O–H groups in total. The first kappa shape index (κ1) is 18.3. The normalized spacial score (nSPS) is 15.7. The van der Waals surface area contributed by atoms with E-state index in [2.05, 4.69) is 5.32 Å². The zero-order valence-corrected chi connectivity index (χ0v) is 14.3. The molecule has 0 fully saturated rings. The molecule has 8 nitrogen and oxygen atoms in total. The molecule has 3 rings (SSSR count). The van der Waals surface area contributed by atoms with Gasteiger partial charge in [0.25, 0.3) is 5.91 Å². The predicted octanol–water partition coefficient (Wildman–Crippen LogP) is 2.88. The zero-order chi connectivity index (χ0) is 19.6. The van der Waals surface area contributed by atoms with Crippen molar-refractivity contribution in [1.29, 1.82) is 0 Å². The van der Waals surface area contributed by atoms with E-state index in [1.807, 2.05) is 0 Å². The molecule has 9 heteroatoms. The van der Waals surface area contributed by atoms with Crippen molar-refractivity contribution in [2.24, 2.45) is 0 Å². The smallest absolute Gasteiger partial charge is 0.306 e. The number of amides is 2. The summed E-state index contributed by atoms with van der Waals surface area (Å²) in [4.78, 5) is 35.9. The third kappa shape index (κ3) is 3.86. The minimum Gasteiger partial charge on any atom is -0.479 e. The van der Waals surface area contributed by atoms with Gasteiger partial charge in [-0.3, -0.25) is 19.7 Å². The molecule has 140 valence electrons. The fraction of sp³-hybridized carbons (Fsp3) is 0.222. The van der Waals surface area contributed by atoms with Crippen LogP contribution in [-0.2, 0) is 9.59 Å². The van der Waals surface area contributed by atoms with Gasteiger partial charge in [-0.25, -0.2) is 0 Å². The second-order valence-electron chi connectivity index (χ2n) is 5.94. The molecule has 0 saturated carbocycles. The van der Waals surface area contributed by atoms with Crippen molar-refractivity contribution in [2.75, 3.05) is 16.8 Å². The van der Waals surface area contributed by atoms with Gasteiger partial charge in [-0.1, -0.05) is 12.1 Å². The summed E-state index contributed by atoms with van der Waals surface area (Å²) < 4.78 is 18.9. The van der Waals surface area contributed by atoms with Crippen LogP contribution >= 0.6 is 0 Å². The van der Waals surface area contributed by atoms with E-state index in [0.717, 1.165) is 12.1 Å². The quantitative estimate of drug-likeness (QED) is 0.641. The second-order valence-corrected chi connectivity index (χ2v) is 5.94. The highest BCUT2D eigenvalue weighted by Crippen LogP contribution is 2.33. The van der Waals surface area contributed by atoms with Crippen LogP contribution in [0.15, 0.2) is 42.5 Å². The van der Waals surface area contributed by atoms with Crippen molar-refractivity contribution >= 4 is 28.9 Å². The van der Waals surface area contributed by atoms with Gasteiger partial charge >= 0.3 is 5.69 Å². The SMILES string of the molecule is CC1Oc2ccccc2N(CCC(=O)Nc2ccc(F)c([N+](=O)[O-])c2)C1=O. The lowest BCUT2D eigenvalue weighted by Gasteiger charge is -2.32. The molecule has 2 aromatic rings. The Hall–Kier alpha value is -3.49. The monoisotopic (exact) mass is 373 g/mol. The Morgan fingerprint density at radius 3 is 2.81 bits per heavy atom. The average molecular weight is 373 g/mol. The highest BCUT2D eigenvalue weighted by Gasteiger charge is 2.31. The van der Waals surface area contributed by atoms with E-state index in [0.29, 0.717) is 11.4 Å². The maximum absolute atomic E-state index is 13.4. The Morgan fingerprint density at radius 1 is 1.33 bits per heavy atom. The lowest BCUT2D eigenvalue weighted by atomic mass is 10.1. The number of benzene rings is 2. The number of para-hydroxylation sites is 2. The van der Waals surface area contributed by atoms with Crippen LogP contribution in [0.3, 0.4) is 0 Å². The fourth-order valence-electron chi connectivity index (χ4n) is 2.76. The number of carbonyl (C=O) groups excluding carboxylic acids is 2. The lowest BCUT2D eigenvalue weighted by molar-refractivity contribution is -0.387. The molecule has 2 aromatic carbocycles. The maximum Gasteiger partial charge on any atom is 0.306 e. The van der Waals surface area contributed by atoms with Gasteiger partial charge < -0.3 is 15.0 Å². The fourth-order valence-corrected chi connectivity index (χ4v) is 2.76. The molecule has 0 saturated heterocycles. The molecule has 1 aliphatic rings. The van der Waals surface area contributed by atoms with Gasteiger partial charge in [0.2, 0.25) is 11.7 Å². The number of nitrogens with one attached hydrogen (secondary N) is 1. The predicted molar refractivity (Wildman–Crippen MR) is 95.2 cm³/mol. The van der Waals surface area contributed by atoms with Gasteiger partial charge in [0, 0.05) is 24.7 Å². The van der Waals surface area contributed by atoms with Gasteiger partial charge in [0.15, 0.2) is 6.10 Å². The molecule has 0 radical (unpaired) electrons. The maximum atomic E-state index is 13.4. The van der Waals surface area contributed by atoms with E-state index in [4.69, 9.17) is 4.74 Å². The van der Waals surface area contributed by atoms with E-state index in [-0.39, 0.29) is 24.6 Å². The zero-order valence-electron chi connectivity index (χ0n) is 14.3. The average Bonchev–Trinajstić information content (AvgIpc) is 2.63. The van der Waals surface area contributed by atoms with Crippen molar-refractivity contribution in [3.63, 3.8) is 0 Å². The number of fused-ring (bicyclic) bond motifs is 1. The summed E-state index contributed by atoms with van der Waals surface area (Å²) in [6, 6.07) is 10.1. The lowest BCUT2D eigenvalue weighted by Crippen LogP contribution is -2.45. The Bertz CT molecular complexity index is 918. The van der Waals surface area contributed by atoms with Crippen LogP contribution in [0.4, 0.5) is 21.5 Å². The van der Waals surface area contributed by atoms with E-state index in [1.54, 1.807) is 31.2 Å². The van der Waals surface area contributed by atoms with Crippen LogP contribution < -0.4 is 15.0 Å². The molecule has 1 unspecified atom stereocenters. The van der Waals surface area contributed by atoms with Gasteiger partial charge in [0.1, 0.15) is 5.75 Å². The van der Waals surface area contributed by atoms with Crippen molar-refractivity contribution in [2.45, 2.75) is 19.4 Å². The Labute approximate surface area is 153 Å². The molecule has 27 heavy (non-hydrogen) atoms. The van der Waals surface area contributed by atoms with Gasteiger partial charge in [-0.15, -0.1) is 0 Å². The minimum absolute atomic E-state index is 0.0437.